The molecule has 4 heteroatoms. The van der Waals surface area contributed by atoms with Gasteiger partial charge < -0.3 is 4.42 Å². The van der Waals surface area contributed by atoms with Crippen molar-refractivity contribution in [2.45, 2.75) is 19.8 Å². The lowest BCUT2D eigenvalue weighted by Gasteiger charge is -2.02. The van der Waals surface area contributed by atoms with Crippen LogP contribution < -0.4 is 5.63 Å². The van der Waals surface area contributed by atoms with Crippen LogP contribution in [0.5, 0.6) is 0 Å². The van der Waals surface area contributed by atoms with Gasteiger partial charge >= 0.3 is 5.63 Å². The molecule has 0 aliphatic heterocycles. The van der Waals surface area contributed by atoms with Gasteiger partial charge in [-0.1, -0.05) is 13.8 Å². The van der Waals surface area contributed by atoms with Gasteiger partial charge in [0.15, 0.2) is 5.52 Å². The largest absolute Gasteiger partial charge is 0.406 e. The van der Waals surface area contributed by atoms with Crippen molar-refractivity contribution in [3.05, 3.63) is 34.6 Å². The second-order valence-electron chi connectivity index (χ2n) is 3.37. The van der Waals surface area contributed by atoms with Crippen LogP contribution in [-0.4, -0.2) is 9.97 Å². The highest BCUT2D eigenvalue weighted by Crippen LogP contribution is 2.12. The number of hydrogen-bond acceptors (Lipinski definition) is 4. The number of aromatic nitrogens is 2. The maximum Gasteiger partial charge on any atom is 0.365 e. The normalized spacial score (nSPS) is 11.1. The average molecular weight is 190 g/mol. The standard InChI is InChI=1S/C10H10N2O2/c1-6(2)9-12-7-4-3-5-11-8(7)10(13)14-9/h3-6H,1-2H3. The summed E-state index contributed by atoms with van der Waals surface area (Å²) in [6, 6.07) is 3.50. The molecule has 2 aromatic rings. The van der Waals surface area contributed by atoms with E-state index in [9.17, 15) is 4.79 Å². The first kappa shape index (κ1) is 8.87. The maximum absolute atomic E-state index is 11.4. The summed E-state index contributed by atoms with van der Waals surface area (Å²) in [5.74, 6) is 0.558. The van der Waals surface area contributed by atoms with Gasteiger partial charge in [0.05, 0.1) is 5.52 Å². The average Bonchev–Trinajstić information content (AvgIpc) is 2.17. The van der Waals surface area contributed by atoms with Crippen LogP contribution in [0.25, 0.3) is 11.0 Å². The Hall–Kier alpha value is -1.71. The van der Waals surface area contributed by atoms with Gasteiger partial charge in [0.1, 0.15) is 0 Å². The van der Waals surface area contributed by atoms with Crippen LogP contribution in [0.1, 0.15) is 25.7 Å². The zero-order valence-electron chi connectivity index (χ0n) is 8.02. The van der Waals surface area contributed by atoms with Gasteiger partial charge in [0, 0.05) is 12.1 Å². The lowest BCUT2D eigenvalue weighted by molar-refractivity contribution is 0.423. The molecule has 0 saturated heterocycles. The Bertz CT molecular complexity index is 517. The third-order valence-electron chi connectivity index (χ3n) is 1.90. The Morgan fingerprint density at radius 3 is 2.93 bits per heavy atom. The molecule has 4 nitrogen and oxygen atoms in total. The van der Waals surface area contributed by atoms with E-state index in [4.69, 9.17) is 4.42 Å². The highest BCUT2D eigenvalue weighted by molar-refractivity contribution is 5.71. The predicted molar refractivity (Wildman–Crippen MR) is 52.2 cm³/mol. The molecule has 0 aliphatic rings. The molecule has 2 rings (SSSR count). The van der Waals surface area contributed by atoms with E-state index >= 15 is 0 Å². The van der Waals surface area contributed by atoms with E-state index in [1.165, 1.54) is 0 Å². The number of rotatable bonds is 1. The minimum absolute atomic E-state index is 0.104. The Kier molecular flexibility index (Phi) is 2.04. The summed E-state index contributed by atoms with van der Waals surface area (Å²) in [6.07, 6.45) is 1.55. The fraction of sp³-hybridized carbons (Fsp3) is 0.300. The topological polar surface area (TPSA) is 56.0 Å². The van der Waals surface area contributed by atoms with Crippen molar-refractivity contribution in [3.63, 3.8) is 0 Å². The molecule has 0 aromatic carbocycles. The molecule has 0 bridgehead atoms. The minimum atomic E-state index is -0.417. The summed E-state index contributed by atoms with van der Waals surface area (Å²) >= 11 is 0. The van der Waals surface area contributed by atoms with Gasteiger partial charge in [0.2, 0.25) is 5.89 Å². The summed E-state index contributed by atoms with van der Waals surface area (Å²) in [7, 11) is 0. The maximum atomic E-state index is 11.4. The molecule has 0 spiro atoms. The summed E-state index contributed by atoms with van der Waals surface area (Å²) in [6.45, 7) is 3.85. The second kappa shape index (κ2) is 3.21. The molecular formula is C10H10N2O2. The van der Waals surface area contributed by atoms with E-state index in [1.54, 1.807) is 18.3 Å². The Morgan fingerprint density at radius 2 is 2.21 bits per heavy atom. The zero-order valence-corrected chi connectivity index (χ0v) is 8.02. The van der Waals surface area contributed by atoms with Crippen molar-refractivity contribution >= 4 is 11.0 Å². The van der Waals surface area contributed by atoms with Crippen LogP contribution in [0.4, 0.5) is 0 Å². The molecule has 0 N–H and O–H groups in total. The van der Waals surface area contributed by atoms with Gasteiger partial charge in [-0.15, -0.1) is 0 Å². The third kappa shape index (κ3) is 1.39. The zero-order chi connectivity index (χ0) is 10.1. The molecular weight excluding hydrogens is 180 g/mol. The lowest BCUT2D eigenvalue weighted by Crippen LogP contribution is -2.07. The molecule has 72 valence electrons. The second-order valence-corrected chi connectivity index (χ2v) is 3.37. The van der Waals surface area contributed by atoms with Crippen molar-refractivity contribution in [1.82, 2.24) is 9.97 Å². The minimum Gasteiger partial charge on any atom is -0.406 e. The SMILES string of the molecule is CC(C)c1nc2cccnc2c(=O)o1. The van der Waals surface area contributed by atoms with Gasteiger partial charge in [-0.05, 0) is 12.1 Å². The smallest absolute Gasteiger partial charge is 0.365 e. The molecule has 0 amide bonds. The van der Waals surface area contributed by atoms with Gasteiger partial charge in [0.25, 0.3) is 0 Å². The predicted octanol–water partition coefficient (Wildman–Crippen LogP) is 1.71. The molecule has 0 atom stereocenters. The first-order valence-electron chi connectivity index (χ1n) is 4.44. The van der Waals surface area contributed by atoms with Crippen molar-refractivity contribution in [1.29, 1.82) is 0 Å². The molecule has 14 heavy (non-hydrogen) atoms. The lowest BCUT2D eigenvalue weighted by atomic mass is 10.2. The van der Waals surface area contributed by atoms with Crippen molar-refractivity contribution < 1.29 is 4.42 Å². The number of nitrogens with zero attached hydrogens (tertiary/aromatic N) is 2. The summed E-state index contributed by atoms with van der Waals surface area (Å²) < 4.78 is 5.02. The first-order chi connectivity index (χ1) is 6.68. The van der Waals surface area contributed by atoms with E-state index in [-0.39, 0.29) is 11.4 Å². The highest BCUT2D eigenvalue weighted by atomic mass is 16.4. The molecule has 0 radical (unpaired) electrons. The highest BCUT2D eigenvalue weighted by Gasteiger charge is 2.09. The Balaban J connectivity index is 2.79. The van der Waals surface area contributed by atoms with E-state index in [2.05, 4.69) is 9.97 Å². The first-order valence-corrected chi connectivity index (χ1v) is 4.44. The molecule has 2 heterocycles. The van der Waals surface area contributed by atoms with Gasteiger partial charge in [-0.3, -0.25) is 0 Å². The van der Waals surface area contributed by atoms with E-state index in [1.807, 2.05) is 13.8 Å². The van der Waals surface area contributed by atoms with Crippen LogP contribution in [0.15, 0.2) is 27.5 Å². The third-order valence-corrected chi connectivity index (χ3v) is 1.90. The summed E-state index contributed by atoms with van der Waals surface area (Å²) in [5, 5.41) is 0. The number of hydrogen-bond donors (Lipinski definition) is 0. The van der Waals surface area contributed by atoms with E-state index in [0.29, 0.717) is 11.4 Å². The Morgan fingerprint density at radius 1 is 1.43 bits per heavy atom. The van der Waals surface area contributed by atoms with Crippen molar-refractivity contribution in [2.24, 2.45) is 0 Å². The Labute approximate surface area is 80.6 Å². The van der Waals surface area contributed by atoms with Crippen LogP contribution in [0, 0.1) is 0 Å². The van der Waals surface area contributed by atoms with E-state index in [0.717, 1.165) is 0 Å². The molecule has 2 aromatic heterocycles. The van der Waals surface area contributed by atoms with Crippen LogP contribution >= 0.6 is 0 Å². The fourth-order valence-electron chi connectivity index (χ4n) is 1.18. The van der Waals surface area contributed by atoms with E-state index < -0.39 is 5.63 Å². The molecule has 0 saturated carbocycles. The molecule has 0 fully saturated rings. The molecule has 0 unspecified atom stereocenters. The van der Waals surface area contributed by atoms with Crippen LogP contribution in [0.2, 0.25) is 0 Å². The van der Waals surface area contributed by atoms with Crippen molar-refractivity contribution in [3.8, 4) is 0 Å². The van der Waals surface area contributed by atoms with Crippen LogP contribution in [-0.2, 0) is 0 Å². The van der Waals surface area contributed by atoms with Crippen LogP contribution in [0.3, 0.4) is 0 Å². The number of fused-ring (bicyclic) bond motifs is 1. The molecule has 0 aliphatic carbocycles. The summed E-state index contributed by atoms with van der Waals surface area (Å²) in [5.41, 5.74) is 0.462. The fourth-order valence-corrected chi connectivity index (χ4v) is 1.18. The van der Waals surface area contributed by atoms with Gasteiger partial charge in [-0.2, -0.15) is 0 Å². The summed E-state index contributed by atoms with van der Waals surface area (Å²) in [4.78, 5) is 19.6. The van der Waals surface area contributed by atoms with Gasteiger partial charge in [-0.25, -0.2) is 14.8 Å². The van der Waals surface area contributed by atoms with Crippen molar-refractivity contribution in [2.75, 3.05) is 0 Å². The monoisotopic (exact) mass is 190 g/mol. The number of pyridine rings is 1. The quantitative estimate of drug-likeness (QED) is 0.686.